The summed E-state index contributed by atoms with van der Waals surface area (Å²) in [5.41, 5.74) is 0.909. The van der Waals surface area contributed by atoms with Crippen LogP contribution >= 0.6 is 0 Å². The van der Waals surface area contributed by atoms with Gasteiger partial charge in [0.15, 0.2) is 0 Å². The van der Waals surface area contributed by atoms with Crippen molar-refractivity contribution >= 4 is 5.91 Å². The molecule has 0 aromatic carbocycles. The van der Waals surface area contributed by atoms with Crippen LogP contribution in [0.3, 0.4) is 0 Å². The Labute approximate surface area is 119 Å². The molecule has 3 N–H and O–H groups in total. The number of hydrogen-bond donors (Lipinski definition) is 3. The smallest absolute Gasteiger partial charge is 0.252 e. The van der Waals surface area contributed by atoms with Gasteiger partial charge in [0.2, 0.25) is 0 Å². The second-order valence-electron chi connectivity index (χ2n) is 5.63. The predicted octanol–water partition coefficient (Wildman–Crippen LogP) is 1.95. The van der Waals surface area contributed by atoms with Crippen molar-refractivity contribution in [2.24, 2.45) is 5.41 Å². The monoisotopic (exact) mass is 275 g/mol. The van der Waals surface area contributed by atoms with Crippen LogP contribution in [0.25, 0.3) is 0 Å². The first kappa shape index (κ1) is 14.6. The lowest BCUT2D eigenvalue weighted by molar-refractivity contribution is 0.0869. The Hall–Kier alpha value is -1.80. The fraction of sp³-hybridized carbons (Fsp3) is 0.600. The van der Waals surface area contributed by atoms with E-state index in [1.54, 1.807) is 12.3 Å². The van der Waals surface area contributed by atoms with Crippen LogP contribution in [0.2, 0.25) is 0 Å². The summed E-state index contributed by atoms with van der Waals surface area (Å²) in [6.45, 7) is 0.762. The molecule has 1 aromatic rings. The molecular formula is C15H21N3O2. The van der Waals surface area contributed by atoms with Crippen molar-refractivity contribution in [2.45, 2.75) is 38.5 Å². The average Bonchev–Trinajstić information content (AvgIpc) is 2.95. The molecule has 1 aliphatic rings. The van der Waals surface area contributed by atoms with Crippen molar-refractivity contribution < 1.29 is 9.90 Å². The minimum absolute atomic E-state index is 0.0387. The van der Waals surface area contributed by atoms with Gasteiger partial charge < -0.3 is 15.4 Å². The molecule has 0 saturated heterocycles. The molecule has 0 bridgehead atoms. The van der Waals surface area contributed by atoms with Gasteiger partial charge in [0.25, 0.3) is 5.91 Å². The number of aliphatic hydroxyl groups excluding tert-OH is 1. The Kier molecular flexibility index (Phi) is 4.80. The van der Waals surface area contributed by atoms with E-state index < -0.39 is 0 Å². The number of aromatic nitrogens is 1. The van der Waals surface area contributed by atoms with E-state index in [0.29, 0.717) is 17.8 Å². The second-order valence-corrected chi connectivity index (χ2v) is 5.63. The highest BCUT2D eigenvalue weighted by atomic mass is 16.3. The lowest BCUT2D eigenvalue weighted by Crippen LogP contribution is -2.39. The lowest BCUT2D eigenvalue weighted by atomic mass is 9.72. The summed E-state index contributed by atoms with van der Waals surface area (Å²) >= 11 is 0. The number of aliphatic hydroxyl groups is 1. The van der Waals surface area contributed by atoms with Gasteiger partial charge in [0, 0.05) is 19.3 Å². The van der Waals surface area contributed by atoms with E-state index in [0.717, 1.165) is 19.3 Å². The van der Waals surface area contributed by atoms with Crippen molar-refractivity contribution in [2.75, 3.05) is 13.2 Å². The molecule has 1 fully saturated rings. The summed E-state index contributed by atoms with van der Waals surface area (Å²) in [6.07, 6.45) is 7.98. The molecule has 2 rings (SSSR count). The zero-order valence-corrected chi connectivity index (χ0v) is 11.6. The highest BCUT2D eigenvalue weighted by Gasteiger charge is 2.31. The first-order chi connectivity index (χ1) is 9.69. The quantitative estimate of drug-likeness (QED) is 0.767. The molecule has 1 saturated carbocycles. The van der Waals surface area contributed by atoms with Crippen molar-refractivity contribution in [1.29, 1.82) is 5.26 Å². The Bertz CT molecular complexity index is 490. The van der Waals surface area contributed by atoms with E-state index in [4.69, 9.17) is 5.26 Å². The maximum Gasteiger partial charge on any atom is 0.252 e. The number of carbonyl (C=O) groups excluding carboxylic acids is 1. The second kappa shape index (κ2) is 6.58. The molecular weight excluding hydrogens is 254 g/mol. The van der Waals surface area contributed by atoms with Crippen LogP contribution in [0.15, 0.2) is 12.3 Å². The topological polar surface area (TPSA) is 88.9 Å². The lowest BCUT2D eigenvalue weighted by Gasteiger charge is -2.37. The first-order valence-electron chi connectivity index (χ1n) is 7.17. The summed E-state index contributed by atoms with van der Waals surface area (Å²) in [4.78, 5) is 14.8. The third-order valence-corrected chi connectivity index (χ3v) is 4.25. The number of nitriles is 1. The number of nitrogens with zero attached hydrogens (tertiary/aromatic N) is 1. The Morgan fingerprint density at radius 1 is 1.45 bits per heavy atom. The van der Waals surface area contributed by atoms with E-state index in [2.05, 4.69) is 10.3 Å². The van der Waals surface area contributed by atoms with Gasteiger partial charge in [0.1, 0.15) is 11.8 Å². The van der Waals surface area contributed by atoms with Crippen LogP contribution < -0.4 is 5.32 Å². The number of H-pyrrole nitrogens is 1. The molecule has 0 aliphatic heterocycles. The van der Waals surface area contributed by atoms with Gasteiger partial charge in [-0.15, -0.1) is 0 Å². The molecule has 1 aromatic heterocycles. The van der Waals surface area contributed by atoms with Crippen LogP contribution in [0.1, 0.15) is 54.6 Å². The van der Waals surface area contributed by atoms with Crippen LogP contribution in [0, 0.1) is 16.7 Å². The third kappa shape index (κ3) is 3.40. The summed E-state index contributed by atoms with van der Waals surface area (Å²) in [7, 11) is 0. The van der Waals surface area contributed by atoms with Gasteiger partial charge in [0.05, 0.1) is 5.56 Å². The van der Waals surface area contributed by atoms with Gasteiger partial charge >= 0.3 is 0 Å². The molecule has 0 spiro atoms. The molecule has 1 amide bonds. The molecule has 108 valence electrons. The van der Waals surface area contributed by atoms with Gasteiger partial charge in [-0.25, -0.2) is 0 Å². The minimum atomic E-state index is -0.161. The number of rotatable bonds is 5. The summed E-state index contributed by atoms with van der Waals surface area (Å²) in [5.74, 6) is -0.161. The van der Waals surface area contributed by atoms with Crippen molar-refractivity contribution in [3.8, 4) is 6.07 Å². The molecule has 5 heteroatoms. The Balaban J connectivity index is 1.95. The molecule has 1 aliphatic carbocycles. The minimum Gasteiger partial charge on any atom is -0.396 e. The first-order valence-corrected chi connectivity index (χ1v) is 7.17. The van der Waals surface area contributed by atoms with E-state index in [1.807, 2.05) is 6.07 Å². The normalized spacial score (nSPS) is 17.4. The van der Waals surface area contributed by atoms with Crippen molar-refractivity contribution in [3.05, 3.63) is 23.5 Å². The average molecular weight is 275 g/mol. The summed E-state index contributed by atoms with van der Waals surface area (Å²) in [6, 6.07) is 3.52. The SMILES string of the molecule is N#Cc1cc(C(=O)NCC2(CCO)CCCCC2)c[nH]1. The molecule has 0 unspecified atom stereocenters. The number of nitrogens with one attached hydrogen (secondary N) is 2. The maximum absolute atomic E-state index is 12.1. The molecule has 0 atom stereocenters. The van der Waals surface area contributed by atoms with Crippen LogP contribution in [0.5, 0.6) is 0 Å². The summed E-state index contributed by atoms with van der Waals surface area (Å²) in [5, 5.41) is 20.9. The largest absolute Gasteiger partial charge is 0.396 e. The van der Waals surface area contributed by atoms with Gasteiger partial charge in [-0.1, -0.05) is 19.3 Å². The fourth-order valence-corrected chi connectivity index (χ4v) is 3.01. The highest BCUT2D eigenvalue weighted by molar-refractivity contribution is 5.94. The standard InChI is InChI=1S/C15H21N3O2/c16-9-13-8-12(10-17-13)14(20)18-11-15(6-7-19)4-2-1-3-5-15/h8,10,17,19H,1-7,11H2,(H,18,20). The molecule has 0 radical (unpaired) electrons. The molecule has 20 heavy (non-hydrogen) atoms. The van der Waals surface area contributed by atoms with Crippen LogP contribution in [-0.4, -0.2) is 29.1 Å². The zero-order valence-electron chi connectivity index (χ0n) is 11.6. The van der Waals surface area contributed by atoms with Crippen LogP contribution in [0.4, 0.5) is 0 Å². The number of aromatic amines is 1. The van der Waals surface area contributed by atoms with Crippen LogP contribution in [-0.2, 0) is 0 Å². The Morgan fingerprint density at radius 3 is 2.80 bits per heavy atom. The number of carbonyl (C=O) groups is 1. The molecule has 1 heterocycles. The Morgan fingerprint density at radius 2 is 2.20 bits per heavy atom. The van der Waals surface area contributed by atoms with Crippen molar-refractivity contribution in [1.82, 2.24) is 10.3 Å². The van der Waals surface area contributed by atoms with Gasteiger partial charge in [-0.2, -0.15) is 5.26 Å². The number of hydrogen-bond acceptors (Lipinski definition) is 3. The number of amides is 1. The van der Waals surface area contributed by atoms with E-state index in [-0.39, 0.29) is 17.9 Å². The van der Waals surface area contributed by atoms with Gasteiger partial charge in [-0.3, -0.25) is 4.79 Å². The zero-order chi connectivity index (χ0) is 14.4. The van der Waals surface area contributed by atoms with E-state index in [9.17, 15) is 9.90 Å². The van der Waals surface area contributed by atoms with Gasteiger partial charge in [-0.05, 0) is 30.7 Å². The summed E-state index contributed by atoms with van der Waals surface area (Å²) < 4.78 is 0. The predicted molar refractivity (Wildman–Crippen MR) is 75.1 cm³/mol. The molecule has 5 nitrogen and oxygen atoms in total. The van der Waals surface area contributed by atoms with E-state index >= 15 is 0 Å². The fourth-order valence-electron chi connectivity index (χ4n) is 3.01. The third-order valence-electron chi connectivity index (χ3n) is 4.25. The highest BCUT2D eigenvalue weighted by Crippen LogP contribution is 2.38. The van der Waals surface area contributed by atoms with E-state index in [1.165, 1.54) is 19.3 Å². The maximum atomic E-state index is 12.1. The van der Waals surface area contributed by atoms with Crippen molar-refractivity contribution in [3.63, 3.8) is 0 Å².